The zero-order valence-electron chi connectivity index (χ0n) is 41.5. The van der Waals surface area contributed by atoms with Gasteiger partial charge in [-0.05, 0) is 18.2 Å². The average molecular weight is 1040 g/mol. The molecule has 0 unspecified atom stereocenters. The molecular weight excluding hydrogens is 989 g/mol. The molecule has 322 valence electrons. The zero-order valence-corrected chi connectivity index (χ0v) is 38.8. The van der Waals surface area contributed by atoms with Gasteiger partial charge in [0.2, 0.25) is 0 Å². The van der Waals surface area contributed by atoms with E-state index in [4.69, 9.17) is 16.6 Å². The van der Waals surface area contributed by atoms with E-state index in [1.54, 1.807) is 6.07 Å². The van der Waals surface area contributed by atoms with E-state index in [-0.39, 0.29) is 23.0 Å². The van der Waals surface area contributed by atoms with Crippen molar-refractivity contribution in [3.05, 3.63) is 234 Å². The largest absolute Gasteiger partial charge is 0.0637 e. The molecular formula is C58H46BN5OPt. The first-order valence-electron chi connectivity index (χ1n) is 24.4. The fourth-order valence-electron chi connectivity index (χ4n) is 9.01. The number of hydrogen-bond donors (Lipinski definition) is 0. The van der Waals surface area contributed by atoms with Gasteiger partial charge in [-0.15, -0.1) is 0 Å². The fraction of sp³-hybridized carbons (Fsp3) is 0.0690. The first kappa shape index (κ1) is 35.8. The van der Waals surface area contributed by atoms with Gasteiger partial charge in [-0.1, -0.05) is 60.5 Å². The maximum absolute atomic E-state index is 9.16. The van der Waals surface area contributed by atoms with E-state index in [9.17, 15) is 0 Å². The number of para-hydroxylation sites is 6. The number of nitrogens with zero attached hydrogens (tertiary/aromatic N) is 5. The van der Waals surface area contributed by atoms with Crippen LogP contribution in [0.15, 0.2) is 224 Å². The van der Waals surface area contributed by atoms with Crippen molar-refractivity contribution in [3.63, 3.8) is 0 Å². The maximum Gasteiger partial charge on any atom is 0.0623 e. The summed E-state index contributed by atoms with van der Waals surface area (Å²) in [5.41, 5.74) is 12.2. The molecule has 0 N–H and O–H groups in total. The molecule has 0 spiro atoms. The summed E-state index contributed by atoms with van der Waals surface area (Å²) < 4.78 is 56.4. The van der Waals surface area contributed by atoms with Crippen LogP contribution in [0.2, 0.25) is 0 Å². The Morgan fingerprint density at radius 3 is 1.88 bits per heavy atom. The van der Waals surface area contributed by atoms with Gasteiger partial charge in [0, 0.05) is 5.69 Å². The van der Waals surface area contributed by atoms with Gasteiger partial charge in [0.15, 0.2) is 0 Å². The Morgan fingerprint density at radius 1 is 0.545 bits per heavy atom. The summed E-state index contributed by atoms with van der Waals surface area (Å²) in [4.78, 5) is 9.02. The molecule has 1 aliphatic heterocycles. The van der Waals surface area contributed by atoms with Crippen molar-refractivity contribution in [2.45, 2.75) is 26.2 Å². The minimum Gasteiger partial charge on any atom is -0.0637 e. The van der Waals surface area contributed by atoms with Crippen LogP contribution in [0.4, 0.5) is 22.9 Å². The van der Waals surface area contributed by atoms with Crippen LogP contribution in [0.3, 0.4) is 0 Å². The van der Waals surface area contributed by atoms with E-state index in [1.165, 1.54) is 5.56 Å². The van der Waals surface area contributed by atoms with Crippen molar-refractivity contribution in [1.82, 2.24) is 14.1 Å². The maximum atomic E-state index is 9.16. The molecule has 11 rings (SSSR count). The smallest absolute Gasteiger partial charge is 0.0623 e. The molecule has 0 amide bonds. The number of benzene rings is 8. The van der Waals surface area contributed by atoms with Gasteiger partial charge in [-0.2, -0.15) is 0 Å². The Balaban J connectivity index is 1.03. The third kappa shape index (κ3) is 7.49. The first-order chi connectivity index (χ1) is 34.4. The number of anilines is 4. The third-order valence-electron chi connectivity index (χ3n) is 12.0. The van der Waals surface area contributed by atoms with Crippen LogP contribution < -0.4 is 19.8 Å². The summed E-state index contributed by atoms with van der Waals surface area (Å²) in [6.07, 6.45) is 0. The van der Waals surface area contributed by atoms with Crippen LogP contribution in [0.5, 0.6) is 11.6 Å². The second kappa shape index (κ2) is 17.2. The van der Waals surface area contributed by atoms with Crippen LogP contribution in [0, 0.1) is 3.80 Å². The van der Waals surface area contributed by atoms with Crippen LogP contribution in [-0.2, 0) is 24.8 Å². The van der Waals surface area contributed by atoms with Gasteiger partial charge in [0.1, 0.15) is 0 Å². The van der Waals surface area contributed by atoms with E-state index in [0.717, 1.165) is 65.5 Å². The molecule has 0 bridgehead atoms. The number of fused-ring (bicyclic) bond motifs is 2. The second-order valence-corrected chi connectivity index (χ2v) is 18.2. The molecule has 8 heteroatoms. The first-order valence-corrected chi connectivity index (χ1v) is 23.0. The van der Waals surface area contributed by atoms with Crippen molar-refractivity contribution < 1.29 is 30.9 Å². The molecule has 0 fully saturated rings. The Labute approximate surface area is 404 Å². The molecule has 0 saturated carbocycles. The molecule has 66 heavy (non-hydrogen) atoms. The Hall–Kier alpha value is -7.47. The molecule has 2 aromatic heterocycles. The average Bonchev–Trinajstić information content (AvgIpc) is 3.89. The minimum atomic E-state index is -0.902. The molecule has 8 aromatic carbocycles. The molecule has 0 saturated heterocycles. The SMILES string of the molecule is [2H]c1c([2H])c([2H])c(B2N(c3ccccc3)c3ccccc3N2c2cccc(Oc3cccc(-n4[c](=[Pt])n(-c5c(-c6ccccc6)cccc5-c5cccc(C(C)(C)C)c5)c5ccccc54)c3)n2)c([2H])c1[2H]. The third-order valence-corrected chi connectivity index (χ3v) is 13.1. The number of pyridine rings is 1. The number of hydrogen-bond acceptors (Lipinski definition) is 4. The molecule has 0 aliphatic carbocycles. The second-order valence-electron chi connectivity index (χ2n) is 17.2. The summed E-state index contributed by atoms with van der Waals surface area (Å²) in [7, 11) is 0. The summed E-state index contributed by atoms with van der Waals surface area (Å²) >= 11 is 2.46. The van der Waals surface area contributed by atoms with Crippen LogP contribution >= 0.6 is 0 Å². The predicted octanol–water partition coefficient (Wildman–Crippen LogP) is 14.0. The number of rotatable bonds is 9. The topological polar surface area (TPSA) is 38.5 Å². The van der Waals surface area contributed by atoms with Gasteiger partial charge >= 0.3 is 315 Å². The number of aromatic nitrogens is 3. The molecule has 0 atom stereocenters. The van der Waals surface area contributed by atoms with E-state index in [2.05, 4.69) is 152 Å². The van der Waals surface area contributed by atoms with Crippen LogP contribution in [0.1, 0.15) is 33.2 Å². The fourth-order valence-corrected chi connectivity index (χ4v) is 10.1. The Morgan fingerprint density at radius 2 is 1.14 bits per heavy atom. The monoisotopic (exact) mass is 1040 g/mol. The van der Waals surface area contributed by atoms with Gasteiger partial charge in [0.25, 0.3) is 0 Å². The minimum absolute atomic E-state index is 0.0331. The quantitative estimate of drug-likeness (QED) is 0.135. The molecule has 1 aliphatic rings. The Kier molecular flexibility index (Phi) is 9.31. The van der Waals surface area contributed by atoms with Crippen molar-refractivity contribution in [2.24, 2.45) is 0 Å². The Bertz CT molecular complexity index is 3720. The molecule has 6 nitrogen and oxygen atoms in total. The van der Waals surface area contributed by atoms with Crippen LogP contribution in [-0.4, -0.2) is 21.1 Å². The predicted molar refractivity (Wildman–Crippen MR) is 269 cm³/mol. The van der Waals surface area contributed by atoms with Gasteiger partial charge in [-0.3, -0.25) is 0 Å². The standard InChI is InChI=1S/C58H46BN5O.Pt/c1-58(2,3)44-24-17-23-43(39-44)50-32-19-31-49(42-21-7-4-8-22-42)57(50)62-41-61(51-33-13-14-34-52(51)62)47-29-18-30-48(40-47)65-56-38-20-37-55(60-56)64-54-36-16-15-35-53(54)63(46-27-11-6-12-28-46)59(64)45-25-9-5-10-26-45;/h4-40H,1-3H3;/i5D,9D,10D,25D,26D;. The van der Waals surface area contributed by atoms with E-state index >= 15 is 0 Å². The van der Waals surface area contributed by atoms with Gasteiger partial charge in [0.05, 0.1) is 6.85 Å². The summed E-state index contributed by atoms with van der Waals surface area (Å²) in [5.74, 6) is 1.34. The van der Waals surface area contributed by atoms with Gasteiger partial charge < -0.3 is 0 Å². The summed E-state index contributed by atoms with van der Waals surface area (Å²) in [6.45, 7) is 5.85. The summed E-state index contributed by atoms with van der Waals surface area (Å²) in [5, 5.41) is 0. The zero-order chi connectivity index (χ0) is 49.1. The number of imidazole rings is 1. The molecule has 10 aromatic rings. The van der Waals surface area contributed by atoms with Crippen LogP contribution in [0.25, 0.3) is 44.7 Å². The van der Waals surface area contributed by atoms with Crippen molar-refractivity contribution >= 4 is 46.4 Å². The normalized spacial score (nSPS) is 13.5. The van der Waals surface area contributed by atoms with E-state index in [0.29, 0.717) is 17.4 Å². The van der Waals surface area contributed by atoms with E-state index in [1.807, 2.05) is 94.6 Å². The molecule has 3 heterocycles. The van der Waals surface area contributed by atoms with Gasteiger partial charge in [-0.25, -0.2) is 0 Å². The number of ether oxygens (including phenoxy) is 1. The van der Waals surface area contributed by atoms with Crippen molar-refractivity contribution in [3.8, 4) is 45.3 Å². The van der Waals surface area contributed by atoms with E-state index < -0.39 is 25.1 Å². The van der Waals surface area contributed by atoms with Crippen molar-refractivity contribution in [1.29, 1.82) is 0 Å². The van der Waals surface area contributed by atoms with Crippen molar-refractivity contribution in [2.75, 3.05) is 9.62 Å². The summed E-state index contributed by atoms with van der Waals surface area (Å²) in [6, 6.07) is 63.6. The molecule has 0 radical (unpaired) electrons.